The first-order chi connectivity index (χ1) is 10.6. The molecule has 0 bridgehead atoms. The molecule has 0 saturated heterocycles. The van der Waals surface area contributed by atoms with Gasteiger partial charge in [-0.15, -0.1) is 12.4 Å². The Morgan fingerprint density at radius 1 is 1.29 bits per heavy atom. The summed E-state index contributed by atoms with van der Waals surface area (Å²) in [5.74, 6) is -0.248. The van der Waals surface area contributed by atoms with E-state index in [0.29, 0.717) is 5.56 Å². The van der Waals surface area contributed by atoms with Crippen molar-refractivity contribution in [2.24, 2.45) is 5.73 Å². The summed E-state index contributed by atoms with van der Waals surface area (Å²) in [6.07, 6.45) is -4.64. The van der Waals surface area contributed by atoms with E-state index in [9.17, 15) is 18.0 Å². The van der Waals surface area contributed by atoms with Gasteiger partial charge in [-0.25, -0.2) is 0 Å². The molecule has 138 valence electrons. The molecule has 1 unspecified atom stereocenters. The number of benzene rings is 1. The van der Waals surface area contributed by atoms with E-state index in [-0.39, 0.29) is 43.9 Å². The molecule has 0 aromatic heterocycles. The smallest absolute Gasteiger partial charge is 0.380 e. The number of amides is 1. The van der Waals surface area contributed by atoms with Gasteiger partial charge in [0, 0.05) is 25.6 Å². The second-order valence-corrected chi connectivity index (χ2v) is 6.04. The van der Waals surface area contributed by atoms with Crippen molar-refractivity contribution >= 4 is 18.3 Å². The second kappa shape index (κ2) is 9.25. The molecule has 1 rings (SSSR count). The molecular weight excluding hydrogens is 345 g/mol. The van der Waals surface area contributed by atoms with Gasteiger partial charge >= 0.3 is 6.18 Å². The van der Waals surface area contributed by atoms with Gasteiger partial charge in [-0.2, -0.15) is 13.2 Å². The summed E-state index contributed by atoms with van der Waals surface area (Å²) in [4.78, 5) is 11.8. The first-order valence-corrected chi connectivity index (χ1v) is 7.27. The van der Waals surface area contributed by atoms with E-state index in [0.717, 1.165) is 12.1 Å². The average Bonchev–Trinajstić information content (AvgIpc) is 2.50. The largest absolute Gasteiger partial charge is 0.416 e. The number of carbonyl (C=O) groups is 1. The number of ether oxygens (including phenoxy) is 1. The van der Waals surface area contributed by atoms with E-state index in [1.807, 2.05) is 0 Å². The van der Waals surface area contributed by atoms with Crippen molar-refractivity contribution in [2.45, 2.75) is 38.0 Å². The van der Waals surface area contributed by atoms with Gasteiger partial charge in [0.25, 0.3) is 0 Å². The molecule has 0 radical (unpaired) electrons. The van der Waals surface area contributed by atoms with Crippen LogP contribution in [0.3, 0.4) is 0 Å². The maximum atomic E-state index is 12.8. The third-order valence-corrected chi connectivity index (χ3v) is 3.71. The number of hydrogen-bond acceptors (Lipinski definition) is 3. The quantitative estimate of drug-likeness (QED) is 0.777. The Morgan fingerprint density at radius 2 is 1.88 bits per heavy atom. The predicted molar refractivity (Wildman–Crippen MR) is 89.2 cm³/mol. The first kappa shape index (κ1) is 22.7. The molecule has 3 N–H and O–H groups in total. The van der Waals surface area contributed by atoms with E-state index < -0.39 is 17.2 Å². The minimum absolute atomic E-state index is 0. The van der Waals surface area contributed by atoms with Crippen LogP contribution < -0.4 is 11.1 Å². The van der Waals surface area contributed by atoms with Crippen LogP contribution in [0.15, 0.2) is 24.3 Å². The molecule has 0 saturated carbocycles. The van der Waals surface area contributed by atoms with Crippen LogP contribution >= 0.6 is 12.4 Å². The zero-order chi connectivity index (χ0) is 17.7. The molecule has 8 heteroatoms. The summed E-state index contributed by atoms with van der Waals surface area (Å²) in [6.45, 7) is 3.99. The van der Waals surface area contributed by atoms with Crippen molar-refractivity contribution in [1.29, 1.82) is 0 Å². The fraction of sp³-hybridized carbons (Fsp3) is 0.562. The van der Waals surface area contributed by atoms with Gasteiger partial charge in [0.15, 0.2) is 0 Å². The molecule has 1 atom stereocenters. The van der Waals surface area contributed by atoms with E-state index in [2.05, 4.69) is 5.32 Å². The molecule has 0 heterocycles. The highest BCUT2D eigenvalue weighted by molar-refractivity contribution is 5.85. The molecule has 0 aliphatic rings. The highest BCUT2D eigenvalue weighted by Crippen LogP contribution is 2.32. The molecule has 1 aromatic rings. The van der Waals surface area contributed by atoms with Crippen molar-refractivity contribution in [3.8, 4) is 0 Å². The zero-order valence-electron chi connectivity index (χ0n) is 13.9. The standard InChI is InChI=1S/C16H23F3N2O2.ClH/c1-15(2,10-21-14(22)8-13(9-20)23-3)11-5-4-6-12(7-11)16(17,18)19;/h4-7,13H,8-10,20H2,1-3H3,(H,21,22);1H. The fourth-order valence-electron chi connectivity index (χ4n) is 2.08. The lowest BCUT2D eigenvalue weighted by molar-refractivity contribution is -0.137. The van der Waals surface area contributed by atoms with Crippen LogP contribution in [0, 0.1) is 0 Å². The third kappa shape index (κ3) is 6.67. The van der Waals surface area contributed by atoms with Gasteiger partial charge < -0.3 is 15.8 Å². The number of methoxy groups -OCH3 is 1. The molecule has 0 spiro atoms. The number of nitrogens with two attached hydrogens (primary N) is 1. The Labute approximate surface area is 146 Å². The van der Waals surface area contributed by atoms with Crippen LogP contribution in [0.5, 0.6) is 0 Å². The van der Waals surface area contributed by atoms with Crippen LogP contribution in [0.2, 0.25) is 0 Å². The Kier molecular flexibility index (Phi) is 8.74. The van der Waals surface area contributed by atoms with Gasteiger partial charge in [-0.1, -0.05) is 32.0 Å². The topological polar surface area (TPSA) is 64.3 Å². The Balaban J connectivity index is 0.00000529. The lowest BCUT2D eigenvalue weighted by Gasteiger charge is -2.27. The summed E-state index contributed by atoms with van der Waals surface area (Å²) < 4.78 is 43.4. The number of carbonyl (C=O) groups excluding carboxylic acids is 1. The van der Waals surface area contributed by atoms with Gasteiger partial charge in [0.1, 0.15) is 0 Å². The molecular formula is C16H24ClF3N2O2. The molecule has 24 heavy (non-hydrogen) atoms. The van der Waals surface area contributed by atoms with Crippen LogP contribution in [0.1, 0.15) is 31.4 Å². The predicted octanol–water partition coefficient (Wildman–Crippen LogP) is 2.88. The van der Waals surface area contributed by atoms with Crippen LogP contribution in [-0.4, -0.2) is 32.2 Å². The molecule has 4 nitrogen and oxygen atoms in total. The van der Waals surface area contributed by atoms with Gasteiger partial charge in [-0.05, 0) is 11.6 Å². The number of nitrogens with one attached hydrogen (secondary N) is 1. The van der Waals surface area contributed by atoms with Crippen molar-refractivity contribution in [3.63, 3.8) is 0 Å². The molecule has 1 aromatic carbocycles. The Morgan fingerprint density at radius 3 is 2.38 bits per heavy atom. The highest BCUT2D eigenvalue weighted by atomic mass is 35.5. The summed E-state index contributed by atoms with van der Waals surface area (Å²) in [5.41, 5.74) is 4.63. The van der Waals surface area contributed by atoms with Crippen molar-refractivity contribution in [2.75, 3.05) is 20.2 Å². The molecule has 0 aliphatic heterocycles. The van der Waals surface area contributed by atoms with Crippen molar-refractivity contribution in [1.82, 2.24) is 5.32 Å². The summed E-state index contributed by atoms with van der Waals surface area (Å²) in [5, 5.41) is 2.72. The average molecular weight is 369 g/mol. The monoisotopic (exact) mass is 368 g/mol. The third-order valence-electron chi connectivity index (χ3n) is 3.71. The Hall–Kier alpha value is -1.31. The SMILES string of the molecule is COC(CN)CC(=O)NCC(C)(C)c1cccc(C(F)(F)F)c1.Cl. The first-order valence-electron chi connectivity index (χ1n) is 7.27. The normalized spacial score (nSPS) is 13.1. The minimum Gasteiger partial charge on any atom is -0.380 e. The van der Waals surface area contributed by atoms with Crippen LogP contribution in [0.4, 0.5) is 13.2 Å². The van der Waals surface area contributed by atoms with E-state index in [1.165, 1.54) is 13.2 Å². The maximum Gasteiger partial charge on any atom is 0.416 e. The summed E-state index contributed by atoms with van der Waals surface area (Å²) in [7, 11) is 1.47. The molecule has 1 amide bonds. The van der Waals surface area contributed by atoms with Crippen LogP contribution in [-0.2, 0) is 21.1 Å². The van der Waals surface area contributed by atoms with E-state index in [4.69, 9.17) is 10.5 Å². The fourth-order valence-corrected chi connectivity index (χ4v) is 2.08. The molecule has 0 fully saturated rings. The second-order valence-electron chi connectivity index (χ2n) is 6.04. The number of hydrogen-bond donors (Lipinski definition) is 2. The lowest BCUT2D eigenvalue weighted by Crippen LogP contribution is -2.39. The van der Waals surface area contributed by atoms with Crippen molar-refractivity contribution < 1.29 is 22.7 Å². The number of rotatable bonds is 7. The number of halogens is 4. The zero-order valence-corrected chi connectivity index (χ0v) is 14.8. The van der Waals surface area contributed by atoms with Gasteiger partial charge in [0.05, 0.1) is 18.1 Å². The molecule has 0 aliphatic carbocycles. The highest BCUT2D eigenvalue weighted by Gasteiger charge is 2.32. The van der Waals surface area contributed by atoms with Gasteiger partial charge in [-0.3, -0.25) is 4.79 Å². The van der Waals surface area contributed by atoms with E-state index in [1.54, 1.807) is 19.9 Å². The summed E-state index contributed by atoms with van der Waals surface area (Å²) >= 11 is 0. The number of alkyl halides is 3. The van der Waals surface area contributed by atoms with Crippen LogP contribution in [0.25, 0.3) is 0 Å². The minimum atomic E-state index is -4.39. The lowest BCUT2D eigenvalue weighted by atomic mass is 9.83. The maximum absolute atomic E-state index is 12.8. The van der Waals surface area contributed by atoms with E-state index >= 15 is 0 Å². The summed E-state index contributed by atoms with van der Waals surface area (Å²) in [6, 6.07) is 5.14. The van der Waals surface area contributed by atoms with Gasteiger partial charge in [0.2, 0.25) is 5.91 Å². The van der Waals surface area contributed by atoms with Crippen molar-refractivity contribution in [3.05, 3.63) is 35.4 Å². The Bertz CT molecular complexity index is 532.